The Balaban J connectivity index is 2.19. The minimum absolute atomic E-state index is 0.413. The lowest BCUT2D eigenvalue weighted by molar-refractivity contribution is -0.883. The summed E-state index contributed by atoms with van der Waals surface area (Å²) in [6.07, 6.45) is 0. The van der Waals surface area contributed by atoms with Crippen LogP contribution in [0.2, 0.25) is 0 Å². The summed E-state index contributed by atoms with van der Waals surface area (Å²) in [5.74, 6) is 0.420. The summed E-state index contributed by atoms with van der Waals surface area (Å²) >= 11 is 0. The van der Waals surface area contributed by atoms with Crippen molar-refractivity contribution in [1.82, 2.24) is 4.31 Å². The molecule has 0 bridgehead atoms. The van der Waals surface area contributed by atoms with Crippen molar-refractivity contribution in [2.24, 2.45) is 0 Å². The number of benzene rings is 1. The van der Waals surface area contributed by atoms with Crippen molar-refractivity contribution in [3.63, 3.8) is 0 Å². The fourth-order valence-electron chi connectivity index (χ4n) is 2.28. The van der Waals surface area contributed by atoms with Gasteiger partial charge in [0.05, 0.1) is 38.1 Å². The van der Waals surface area contributed by atoms with Gasteiger partial charge in [-0.1, -0.05) is 26.0 Å². The predicted molar refractivity (Wildman–Crippen MR) is 75.9 cm³/mol. The van der Waals surface area contributed by atoms with Gasteiger partial charge >= 0.3 is 0 Å². The number of rotatable bonds is 3. The summed E-state index contributed by atoms with van der Waals surface area (Å²) in [7, 11) is -1.21. The zero-order valence-electron chi connectivity index (χ0n) is 11.9. The first-order valence-electron chi connectivity index (χ1n) is 6.82. The van der Waals surface area contributed by atoms with Crippen LogP contribution >= 0.6 is 0 Å². The van der Waals surface area contributed by atoms with Gasteiger partial charge in [-0.2, -0.15) is 4.31 Å². The third-order valence-corrected chi connectivity index (χ3v) is 5.67. The van der Waals surface area contributed by atoms with Gasteiger partial charge < -0.3 is 4.90 Å². The van der Waals surface area contributed by atoms with E-state index in [4.69, 9.17) is 0 Å². The molecule has 0 aromatic heterocycles. The second kappa shape index (κ2) is 5.61. The zero-order chi connectivity index (χ0) is 14.0. The lowest BCUT2D eigenvalue weighted by Gasteiger charge is -2.29. The van der Waals surface area contributed by atoms with Gasteiger partial charge in [0, 0.05) is 0 Å². The molecule has 2 rings (SSSR count). The van der Waals surface area contributed by atoms with E-state index in [2.05, 4.69) is 20.9 Å². The Morgan fingerprint density at radius 1 is 1.11 bits per heavy atom. The first-order chi connectivity index (χ1) is 8.91. The highest BCUT2D eigenvalue weighted by molar-refractivity contribution is 7.89. The lowest BCUT2D eigenvalue weighted by atomic mass is 10.0. The summed E-state index contributed by atoms with van der Waals surface area (Å²) in [4.78, 5) is 1.80. The molecule has 1 fully saturated rings. The van der Waals surface area contributed by atoms with Gasteiger partial charge in [-0.3, -0.25) is 0 Å². The Morgan fingerprint density at radius 3 is 2.11 bits per heavy atom. The van der Waals surface area contributed by atoms with Crippen molar-refractivity contribution in [2.75, 3.05) is 33.2 Å². The van der Waals surface area contributed by atoms with E-state index in [0.29, 0.717) is 23.9 Å². The summed E-state index contributed by atoms with van der Waals surface area (Å²) in [6.45, 7) is 7.19. The van der Waals surface area contributed by atoms with Crippen LogP contribution in [0.15, 0.2) is 29.2 Å². The Bertz CT molecular complexity index is 515. The molecule has 5 heteroatoms. The Kier molecular flexibility index (Phi) is 4.28. The van der Waals surface area contributed by atoms with E-state index in [0.717, 1.165) is 13.1 Å². The summed E-state index contributed by atoms with van der Waals surface area (Å²) in [5.41, 5.74) is 1.17. The van der Waals surface area contributed by atoms with E-state index < -0.39 is 10.0 Å². The molecule has 1 aromatic carbocycles. The SMILES string of the molecule is CC(C)c1ccc(S(=O)(=O)N2CC[NH+](C)CC2)cc1. The molecule has 1 N–H and O–H groups in total. The molecule has 0 radical (unpaired) electrons. The summed E-state index contributed by atoms with van der Waals surface area (Å²) in [6, 6.07) is 7.30. The highest BCUT2D eigenvalue weighted by atomic mass is 32.2. The van der Waals surface area contributed by atoms with Crippen LogP contribution in [-0.2, 0) is 10.0 Å². The molecule has 0 amide bonds. The summed E-state index contributed by atoms with van der Waals surface area (Å²) in [5, 5.41) is 0. The predicted octanol–water partition coefficient (Wildman–Crippen LogP) is 0.329. The fourth-order valence-corrected chi connectivity index (χ4v) is 3.72. The maximum absolute atomic E-state index is 12.5. The molecule has 1 aliphatic heterocycles. The molecular formula is C14H23N2O2S+. The molecule has 0 saturated carbocycles. The highest BCUT2D eigenvalue weighted by Crippen LogP contribution is 2.20. The Labute approximate surface area is 116 Å². The first-order valence-corrected chi connectivity index (χ1v) is 8.26. The van der Waals surface area contributed by atoms with E-state index in [9.17, 15) is 8.42 Å². The molecule has 19 heavy (non-hydrogen) atoms. The van der Waals surface area contributed by atoms with Gasteiger partial charge in [0.25, 0.3) is 0 Å². The van der Waals surface area contributed by atoms with Crippen LogP contribution < -0.4 is 4.90 Å². The molecule has 0 unspecified atom stereocenters. The lowest BCUT2D eigenvalue weighted by Crippen LogP contribution is -3.12. The van der Waals surface area contributed by atoms with Crippen LogP contribution in [0.1, 0.15) is 25.3 Å². The minimum Gasteiger partial charge on any atom is -0.335 e. The first kappa shape index (κ1) is 14.5. The molecule has 1 heterocycles. The number of piperazine rings is 1. The number of nitrogens with one attached hydrogen (secondary N) is 1. The van der Waals surface area contributed by atoms with E-state index in [-0.39, 0.29) is 0 Å². The minimum atomic E-state index is -3.31. The van der Waals surface area contributed by atoms with Gasteiger partial charge in [-0.25, -0.2) is 8.42 Å². The fraction of sp³-hybridized carbons (Fsp3) is 0.571. The number of nitrogens with zero attached hydrogens (tertiary/aromatic N) is 1. The standard InChI is InChI=1S/C14H22N2O2S/c1-12(2)13-4-6-14(7-5-13)19(17,18)16-10-8-15(3)9-11-16/h4-7,12H,8-11H2,1-3H3/p+1. The molecule has 0 spiro atoms. The molecule has 0 aliphatic carbocycles. The molecule has 0 atom stereocenters. The van der Waals surface area contributed by atoms with E-state index in [1.54, 1.807) is 16.4 Å². The molecule has 1 saturated heterocycles. The van der Waals surface area contributed by atoms with Gasteiger partial charge in [-0.15, -0.1) is 0 Å². The smallest absolute Gasteiger partial charge is 0.243 e. The molecular weight excluding hydrogens is 260 g/mol. The number of hydrogen-bond acceptors (Lipinski definition) is 2. The average Bonchev–Trinajstić information content (AvgIpc) is 2.39. The van der Waals surface area contributed by atoms with Crippen molar-refractivity contribution < 1.29 is 13.3 Å². The summed E-state index contributed by atoms with van der Waals surface area (Å²) < 4.78 is 26.6. The van der Waals surface area contributed by atoms with Crippen molar-refractivity contribution in [2.45, 2.75) is 24.7 Å². The average molecular weight is 283 g/mol. The Hall–Kier alpha value is -0.910. The normalized spacial score (nSPS) is 18.9. The van der Waals surface area contributed by atoms with Crippen LogP contribution in [0.4, 0.5) is 0 Å². The van der Waals surface area contributed by atoms with Crippen LogP contribution in [0.25, 0.3) is 0 Å². The van der Waals surface area contributed by atoms with Crippen molar-refractivity contribution in [3.8, 4) is 0 Å². The van der Waals surface area contributed by atoms with Crippen molar-refractivity contribution in [1.29, 1.82) is 0 Å². The number of hydrogen-bond donors (Lipinski definition) is 1. The van der Waals surface area contributed by atoms with E-state index >= 15 is 0 Å². The second-order valence-corrected chi connectivity index (χ2v) is 7.52. The zero-order valence-corrected chi connectivity index (χ0v) is 12.7. The van der Waals surface area contributed by atoms with E-state index in [1.165, 1.54) is 10.5 Å². The van der Waals surface area contributed by atoms with Crippen LogP contribution in [0.3, 0.4) is 0 Å². The molecule has 1 aromatic rings. The van der Waals surface area contributed by atoms with E-state index in [1.807, 2.05) is 12.1 Å². The maximum atomic E-state index is 12.5. The highest BCUT2D eigenvalue weighted by Gasteiger charge is 2.28. The largest absolute Gasteiger partial charge is 0.335 e. The van der Waals surface area contributed by atoms with Gasteiger partial charge in [-0.05, 0) is 23.6 Å². The van der Waals surface area contributed by atoms with Crippen LogP contribution in [-0.4, -0.2) is 45.9 Å². The Morgan fingerprint density at radius 2 is 1.63 bits per heavy atom. The van der Waals surface area contributed by atoms with Crippen molar-refractivity contribution in [3.05, 3.63) is 29.8 Å². The topological polar surface area (TPSA) is 41.8 Å². The molecule has 4 nitrogen and oxygen atoms in total. The quantitative estimate of drug-likeness (QED) is 0.868. The monoisotopic (exact) mass is 283 g/mol. The van der Waals surface area contributed by atoms with Gasteiger partial charge in [0.15, 0.2) is 0 Å². The third kappa shape index (κ3) is 3.16. The second-order valence-electron chi connectivity index (χ2n) is 5.58. The van der Waals surface area contributed by atoms with Crippen LogP contribution in [0, 0.1) is 0 Å². The third-order valence-electron chi connectivity index (χ3n) is 3.76. The van der Waals surface area contributed by atoms with Gasteiger partial charge in [0.1, 0.15) is 0 Å². The number of sulfonamides is 1. The van der Waals surface area contributed by atoms with Crippen LogP contribution in [0.5, 0.6) is 0 Å². The maximum Gasteiger partial charge on any atom is 0.243 e. The number of quaternary nitrogens is 1. The molecule has 1 aliphatic rings. The van der Waals surface area contributed by atoms with Crippen molar-refractivity contribution >= 4 is 10.0 Å². The number of likely N-dealkylation sites (N-methyl/N-ethyl adjacent to an activating group) is 1. The van der Waals surface area contributed by atoms with Gasteiger partial charge in [0.2, 0.25) is 10.0 Å². The molecule has 106 valence electrons.